The number of aromatic nitrogens is 5. The maximum atomic E-state index is 12.8. The summed E-state index contributed by atoms with van der Waals surface area (Å²) < 4.78 is 5.16. The molecule has 1 amide bonds. The molecule has 8 heteroatoms. The zero-order chi connectivity index (χ0) is 20.8. The van der Waals surface area contributed by atoms with Crippen LogP contribution in [0.1, 0.15) is 21.7 Å². The third kappa shape index (κ3) is 3.20. The summed E-state index contributed by atoms with van der Waals surface area (Å²) in [5, 5.41) is 8.93. The summed E-state index contributed by atoms with van der Waals surface area (Å²) in [6.07, 6.45) is 3.79. The highest BCUT2D eigenvalue weighted by Gasteiger charge is 2.32. The molecule has 30 heavy (non-hydrogen) atoms. The van der Waals surface area contributed by atoms with Crippen molar-refractivity contribution in [2.45, 2.75) is 20.4 Å². The molecule has 0 bridgehead atoms. The fourth-order valence-electron chi connectivity index (χ4n) is 3.99. The van der Waals surface area contributed by atoms with Crippen LogP contribution < -0.4 is 5.56 Å². The van der Waals surface area contributed by atoms with Crippen LogP contribution in [0.3, 0.4) is 0 Å². The lowest BCUT2D eigenvalue weighted by molar-refractivity contribution is 0.0458. The van der Waals surface area contributed by atoms with Crippen LogP contribution in [0.15, 0.2) is 59.7 Å². The topological polar surface area (TPSA) is 77.4 Å². The quantitative estimate of drug-likeness (QED) is 0.524. The largest absolute Gasteiger partial charge is 0.338 e. The number of carbonyl (C=O) groups is 1. The van der Waals surface area contributed by atoms with E-state index in [1.54, 1.807) is 10.7 Å². The lowest BCUT2D eigenvalue weighted by atomic mass is 9.99. The molecule has 0 unspecified atom stereocenters. The average Bonchev–Trinajstić information content (AvgIpc) is 3.28. The van der Waals surface area contributed by atoms with Gasteiger partial charge in [-0.1, -0.05) is 6.07 Å². The molecule has 152 valence electrons. The lowest BCUT2D eigenvalue weighted by Crippen LogP contribution is -2.52. The minimum absolute atomic E-state index is 0.0200. The molecule has 5 heterocycles. The molecule has 0 spiro atoms. The Labute approximate surface area is 173 Å². The zero-order valence-electron chi connectivity index (χ0n) is 16.9. The van der Waals surface area contributed by atoms with Gasteiger partial charge in [-0.25, -0.2) is 9.36 Å². The van der Waals surface area contributed by atoms with Crippen LogP contribution in [-0.4, -0.2) is 47.9 Å². The number of hydrogen-bond donors (Lipinski definition) is 0. The van der Waals surface area contributed by atoms with E-state index in [0.717, 1.165) is 16.9 Å². The minimum Gasteiger partial charge on any atom is -0.338 e. The van der Waals surface area contributed by atoms with Gasteiger partial charge < -0.3 is 9.30 Å². The highest BCUT2D eigenvalue weighted by molar-refractivity contribution is 5.96. The molecular formula is C22H22N6O2. The SMILES string of the molecule is Cc1cc(C)n(-c2ccc(=O)n(CC3CN(C(=O)c4cc5ccccn5c4)C3)n2)n1. The van der Waals surface area contributed by atoms with Crippen molar-refractivity contribution in [3.8, 4) is 5.82 Å². The molecule has 5 rings (SSSR count). The van der Waals surface area contributed by atoms with Crippen molar-refractivity contribution in [3.63, 3.8) is 0 Å². The van der Waals surface area contributed by atoms with E-state index in [0.29, 0.717) is 31.0 Å². The molecule has 1 saturated heterocycles. The van der Waals surface area contributed by atoms with Gasteiger partial charge >= 0.3 is 0 Å². The summed E-state index contributed by atoms with van der Waals surface area (Å²) in [7, 11) is 0. The van der Waals surface area contributed by atoms with E-state index in [1.807, 2.05) is 65.9 Å². The molecular weight excluding hydrogens is 380 g/mol. The Morgan fingerprint density at radius 1 is 1.10 bits per heavy atom. The number of aryl methyl sites for hydroxylation is 2. The lowest BCUT2D eigenvalue weighted by Gasteiger charge is -2.39. The normalized spacial score (nSPS) is 14.3. The van der Waals surface area contributed by atoms with Crippen LogP contribution in [0.25, 0.3) is 11.3 Å². The molecule has 8 nitrogen and oxygen atoms in total. The molecule has 0 saturated carbocycles. The Kier molecular flexibility index (Phi) is 4.27. The Hall–Kier alpha value is -3.68. The van der Waals surface area contributed by atoms with E-state index < -0.39 is 0 Å². The van der Waals surface area contributed by atoms with E-state index in [2.05, 4.69) is 10.2 Å². The van der Waals surface area contributed by atoms with Crippen molar-refractivity contribution in [1.82, 2.24) is 28.9 Å². The van der Waals surface area contributed by atoms with Crippen molar-refractivity contribution in [1.29, 1.82) is 0 Å². The Balaban J connectivity index is 1.28. The minimum atomic E-state index is -0.149. The van der Waals surface area contributed by atoms with Crippen LogP contribution in [0, 0.1) is 19.8 Å². The summed E-state index contributed by atoms with van der Waals surface area (Å²) in [5.74, 6) is 0.839. The third-order valence-electron chi connectivity index (χ3n) is 5.51. The average molecular weight is 402 g/mol. The molecule has 4 aromatic heterocycles. The Morgan fingerprint density at radius 2 is 1.93 bits per heavy atom. The van der Waals surface area contributed by atoms with Crippen LogP contribution in [-0.2, 0) is 6.54 Å². The van der Waals surface area contributed by atoms with Crippen molar-refractivity contribution in [2.75, 3.05) is 13.1 Å². The first-order valence-corrected chi connectivity index (χ1v) is 9.96. The standard InChI is InChI=1S/C22H22N6O2/c1-15-9-16(2)28(23-15)20-6-7-21(29)27(24-20)13-17-11-26(12-17)22(30)18-10-19-5-3-4-8-25(19)14-18/h3-10,14,17H,11-13H2,1-2H3. The van der Waals surface area contributed by atoms with Gasteiger partial charge in [-0.2, -0.15) is 5.10 Å². The van der Waals surface area contributed by atoms with Crippen molar-refractivity contribution in [2.24, 2.45) is 5.92 Å². The third-order valence-corrected chi connectivity index (χ3v) is 5.51. The maximum Gasteiger partial charge on any atom is 0.266 e. The number of amides is 1. The van der Waals surface area contributed by atoms with Gasteiger partial charge in [0, 0.05) is 48.7 Å². The number of rotatable bonds is 4. The summed E-state index contributed by atoms with van der Waals surface area (Å²) in [4.78, 5) is 26.9. The Bertz CT molecular complexity index is 1280. The first-order chi connectivity index (χ1) is 14.5. The van der Waals surface area contributed by atoms with Gasteiger partial charge in [-0.05, 0) is 44.2 Å². The molecule has 1 aliphatic rings. The molecule has 0 atom stereocenters. The van der Waals surface area contributed by atoms with E-state index in [-0.39, 0.29) is 17.4 Å². The zero-order valence-corrected chi connectivity index (χ0v) is 16.9. The van der Waals surface area contributed by atoms with Crippen LogP contribution in [0.4, 0.5) is 0 Å². The Morgan fingerprint density at radius 3 is 2.67 bits per heavy atom. The number of nitrogens with zero attached hydrogens (tertiary/aromatic N) is 6. The van der Waals surface area contributed by atoms with Gasteiger partial charge in [-0.3, -0.25) is 9.59 Å². The summed E-state index contributed by atoms with van der Waals surface area (Å²) in [6, 6.07) is 12.9. The van der Waals surface area contributed by atoms with Crippen LogP contribution in [0.5, 0.6) is 0 Å². The number of pyridine rings is 1. The highest BCUT2D eigenvalue weighted by Crippen LogP contribution is 2.21. The number of carbonyl (C=O) groups excluding carboxylic acids is 1. The second kappa shape index (κ2) is 6.98. The van der Waals surface area contributed by atoms with Gasteiger partial charge in [0.2, 0.25) is 0 Å². The number of fused-ring (bicyclic) bond motifs is 1. The van der Waals surface area contributed by atoms with E-state index in [4.69, 9.17) is 0 Å². The second-order valence-corrected chi connectivity index (χ2v) is 7.89. The van der Waals surface area contributed by atoms with Crippen molar-refractivity contribution < 1.29 is 4.79 Å². The second-order valence-electron chi connectivity index (χ2n) is 7.89. The van der Waals surface area contributed by atoms with E-state index >= 15 is 0 Å². The van der Waals surface area contributed by atoms with E-state index in [1.165, 1.54) is 10.7 Å². The predicted octanol–water partition coefficient (Wildman–Crippen LogP) is 2.07. The molecule has 0 N–H and O–H groups in total. The fraction of sp³-hybridized carbons (Fsp3) is 0.273. The predicted molar refractivity (Wildman–Crippen MR) is 112 cm³/mol. The molecule has 0 radical (unpaired) electrons. The molecule has 1 aliphatic heterocycles. The smallest absolute Gasteiger partial charge is 0.266 e. The van der Waals surface area contributed by atoms with Gasteiger partial charge in [0.05, 0.1) is 17.8 Å². The fourth-order valence-corrected chi connectivity index (χ4v) is 3.99. The first kappa shape index (κ1) is 18.4. The van der Waals surface area contributed by atoms with E-state index in [9.17, 15) is 9.59 Å². The van der Waals surface area contributed by atoms with Gasteiger partial charge in [-0.15, -0.1) is 5.10 Å². The van der Waals surface area contributed by atoms with Crippen molar-refractivity contribution in [3.05, 3.63) is 82.2 Å². The van der Waals surface area contributed by atoms with Gasteiger partial charge in [0.1, 0.15) is 0 Å². The van der Waals surface area contributed by atoms with Crippen molar-refractivity contribution >= 4 is 11.4 Å². The maximum absolute atomic E-state index is 12.8. The molecule has 4 aromatic rings. The molecule has 0 aromatic carbocycles. The number of likely N-dealkylation sites (tertiary alicyclic amines) is 1. The van der Waals surface area contributed by atoms with Gasteiger partial charge in [0.25, 0.3) is 11.5 Å². The summed E-state index contributed by atoms with van der Waals surface area (Å²) >= 11 is 0. The summed E-state index contributed by atoms with van der Waals surface area (Å²) in [5.41, 5.74) is 3.39. The van der Waals surface area contributed by atoms with Crippen LogP contribution >= 0.6 is 0 Å². The summed E-state index contributed by atoms with van der Waals surface area (Å²) in [6.45, 7) is 5.59. The molecule has 1 fully saturated rings. The first-order valence-electron chi connectivity index (χ1n) is 9.96. The van der Waals surface area contributed by atoms with Crippen LogP contribution in [0.2, 0.25) is 0 Å². The van der Waals surface area contributed by atoms with Gasteiger partial charge in [0.15, 0.2) is 5.82 Å². The monoisotopic (exact) mass is 402 g/mol. The highest BCUT2D eigenvalue weighted by atomic mass is 16.2. The molecule has 0 aliphatic carbocycles. The number of hydrogen-bond acceptors (Lipinski definition) is 4.